The van der Waals surface area contributed by atoms with Gasteiger partial charge in [0.15, 0.2) is 5.60 Å². The number of aryl methyl sites for hydroxylation is 1. The summed E-state index contributed by atoms with van der Waals surface area (Å²) in [7, 11) is 0. The van der Waals surface area contributed by atoms with Crippen molar-refractivity contribution in [1.82, 2.24) is 9.80 Å². The number of nitrogens with two attached hydrogens (primary N) is 1. The van der Waals surface area contributed by atoms with Crippen LogP contribution in [0.25, 0.3) is 0 Å². The molecule has 55 heavy (non-hydrogen) atoms. The van der Waals surface area contributed by atoms with Gasteiger partial charge in [0, 0.05) is 54.8 Å². The Morgan fingerprint density at radius 1 is 0.982 bits per heavy atom. The molecular formula is C48H63N3O4. The van der Waals surface area contributed by atoms with Crippen molar-refractivity contribution in [3.05, 3.63) is 69.6 Å². The van der Waals surface area contributed by atoms with Crippen LogP contribution < -0.4 is 5.73 Å². The minimum absolute atomic E-state index is 0.0910. The van der Waals surface area contributed by atoms with Crippen LogP contribution in [-0.2, 0) is 26.3 Å². The van der Waals surface area contributed by atoms with Crippen LogP contribution in [0.1, 0.15) is 138 Å². The van der Waals surface area contributed by atoms with Crippen LogP contribution in [0.4, 0.5) is 0 Å². The lowest BCUT2D eigenvalue weighted by Gasteiger charge is -2.69. The maximum Gasteiger partial charge on any atom is 0.339 e. The van der Waals surface area contributed by atoms with Gasteiger partial charge in [-0.2, -0.15) is 0 Å². The van der Waals surface area contributed by atoms with E-state index in [9.17, 15) is 4.79 Å². The molecule has 2 saturated carbocycles. The molecule has 3 saturated heterocycles. The minimum Gasteiger partial charge on any atom is -0.449 e. The van der Waals surface area contributed by atoms with E-state index in [1.54, 1.807) is 11.3 Å². The van der Waals surface area contributed by atoms with E-state index in [2.05, 4.69) is 54.0 Å². The van der Waals surface area contributed by atoms with E-state index >= 15 is 4.79 Å². The van der Waals surface area contributed by atoms with Gasteiger partial charge >= 0.3 is 11.9 Å². The van der Waals surface area contributed by atoms with Crippen LogP contribution in [0.15, 0.2) is 53.0 Å². The SMILES string of the molecule is CCC[C@@H]1[C@@]2(OC(=O)c3c(CCCN)cccc32)[C@@]23CCC4=C[C@@]12C(=O)O/C3=C\C[C@@H](C1CCCCC1)N1C[C@H]2C[C@@H](C1)[C@H]1CCC3=C([C@H]4C[C@@H](C)C3)N1C2. The molecule has 2 spiro atoms. The number of hydrogen-bond acceptors (Lipinski definition) is 7. The molecule has 0 aromatic heterocycles. The number of allylic oxidation sites excluding steroid dienone is 2. The standard InChI is InChI=1S/C48H63N3O4/c1-3-9-40-46-25-34-19-20-47(46,48(40)37-14-7-12-32(13-8-21-49)42(37)44(52)55-48)41(54-45(46)53)18-17-38(31-10-5-4-6-11-31)50-26-30-24-35(28-50)39-16-15-33-22-29(2)23-36(34)43(33)51(39)27-30/h7,12,14,18,25,29-31,35-36,38-40H,3-6,8-11,13,15-17,19-24,26-28,49H2,1-2H3/b41-18-/t29-,30+,35-,36-,38-,39+,40-,46-,47+,48+/m0/s1. The normalized spacial score (nSPS) is 43.6. The Kier molecular flexibility index (Phi) is 8.21. The average Bonchev–Trinajstić information content (AvgIpc) is 3.63. The predicted octanol–water partition coefficient (Wildman–Crippen LogP) is 8.58. The second kappa shape index (κ2) is 12.8. The zero-order chi connectivity index (χ0) is 37.3. The molecular weight excluding hydrogens is 683 g/mol. The Balaban J connectivity index is 1.14. The van der Waals surface area contributed by atoms with E-state index in [1.165, 1.54) is 83.0 Å². The first-order valence-electron chi connectivity index (χ1n) is 22.8. The Morgan fingerprint density at radius 3 is 2.69 bits per heavy atom. The van der Waals surface area contributed by atoms with Crippen molar-refractivity contribution in [3.63, 3.8) is 0 Å². The van der Waals surface area contributed by atoms with Crippen molar-refractivity contribution >= 4 is 11.9 Å². The number of benzene rings is 1. The highest BCUT2D eigenvalue weighted by Crippen LogP contribution is 2.84. The van der Waals surface area contributed by atoms with Gasteiger partial charge in [0.1, 0.15) is 11.2 Å². The lowest BCUT2D eigenvalue weighted by molar-refractivity contribution is -0.271. The molecule has 5 fully saturated rings. The van der Waals surface area contributed by atoms with Gasteiger partial charge in [-0.3, -0.25) is 9.69 Å². The molecule has 0 amide bonds. The number of carbonyl (C=O) groups excluding carboxylic acids is 2. The maximum atomic E-state index is 15.2. The Hall–Kier alpha value is -2.90. The monoisotopic (exact) mass is 745 g/mol. The van der Waals surface area contributed by atoms with Crippen LogP contribution in [0.2, 0.25) is 0 Å². The summed E-state index contributed by atoms with van der Waals surface area (Å²) in [5.41, 5.74) is 11.1. The summed E-state index contributed by atoms with van der Waals surface area (Å²) < 4.78 is 13.9. The van der Waals surface area contributed by atoms with E-state index in [0.717, 1.165) is 79.7 Å². The minimum atomic E-state index is -0.927. The second-order valence-electron chi connectivity index (χ2n) is 20.0. The highest BCUT2D eigenvalue weighted by Gasteiger charge is 2.91. The summed E-state index contributed by atoms with van der Waals surface area (Å²) in [6.45, 7) is 8.85. The van der Waals surface area contributed by atoms with Crippen molar-refractivity contribution in [2.45, 2.75) is 141 Å². The summed E-state index contributed by atoms with van der Waals surface area (Å²) in [4.78, 5) is 35.6. The molecule has 2 N–H and O–H groups in total. The lowest BCUT2D eigenvalue weighted by Crippen LogP contribution is -2.75. The van der Waals surface area contributed by atoms with Gasteiger partial charge in [-0.25, -0.2) is 4.79 Å². The average molecular weight is 746 g/mol. The molecule has 4 aliphatic carbocycles. The van der Waals surface area contributed by atoms with Crippen molar-refractivity contribution in [1.29, 1.82) is 0 Å². The smallest absolute Gasteiger partial charge is 0.339 e. The Bertz CT molecular complexity index is 1890. The molecule has 14 rings (SSSR count). The van der Waals surface area contributed by atoms with Crippen LogP contribution in [0, 0.1) is 46.3 Å². The third-order valence-corrected chi connectivity index (χ3v) is 17.4. The molecule has 9 heterocycles. The van der Waals surface area contributed by atoms with Crippen LogP contribution in [-0.4, -0.2) is 60.0 Å². The number of carbonyl (C=O) groups is 2. The van der Waals surface area contributed by atoms with Gasteiger partial charge in [-0.1, -0.05) is 75.0 Å². The van der Waals surface area contributed by atoms with E-state index in [0.29, 0.717) is 42.3 Å². The summed E-state index contributed by atoms with van der Waals surface area (Å²) in [6, 6.07) is 7.46. The summed E-state index contributed by atoms with van der Waals surface area (Å²) in [5.74, 6) is 3.40. The Labute approximate surface area is 328 Å². The van der Waals surface area contributed by atoms with Crippen LogP contribution in [0.3, 0.4) is 0 Å². The quantitative estimate of drug-likeness (QED) is 0.231. The summed E-state index contributed by atoms with van der Waals surface area (Å²) in [5, 5.41) is 0. The van der Waals surface area contributed by atoms with Crippen molar-refractivity contribution < 1.29 is 19.1 Å². The summed E-state index contributed by atoms with van der Waals surface area (Å²) >= 11 is 0. The highest BCUT2D eigenvalue weighted by molar-refractivity contribution is 5.99. The fraction of sp³-hybridized carbons (Fsp3) is 0.708. The molecule has 0 radical (unpaired) electrons. The first-order valence-corrected chi connectivity index (χ1v) is 22.8. The van der Waals surface area contributed by atoms with Gasteiger partial charge < -0.3 is 20.1 Å². The molecule has 1 aromatic carbocycles. The molecule has 294 valence electrons. The zero-order valence-corrected chi connectivity index (χ0v) is 33.5. The molecule has 11 atom stereocenters. The van der Waals surface area contributed by atoms with Crippen LogP contribution in [0.5, 0.6) is 0 Å². The predicted molar refractivity (Wildman–Crippen MR) is 212 cm³/mol. The molecule has 10 bridgehead atoms. The molecule has 1 aromatic rings. The molecule has 7 nitrogen and oxygen atoms in total. The lowest BCUT2D eigenvalue weighted by atomic mass is 9.31. The number of esters is 2. The fourth-order valence-corrected chi connectivity index (χ4v) is 15.6. The van der Waals surface area contributed by atoms with Crippen molar-refractivity contribution in [3.8, 4) is 0 Å². The van der Waals surface area contributed by atoms with Gasteiger partial charge in [-0.05, 0) is 125 Å². The van der Waals surface area contributed by atoms with Crippen LogP contribution >= 0.6 is 0 Å². The third kappa shape index (κ3) is 4.57. The largest absolute Gasteiger partial charge is 0.449 e. The molecule has 13 aliphatic rings. The maximum absolute atomic E-state index is 15.2. The van der Waals surface area contributed by atoms with E-state index in [1.807, 2.05) is 0 Å². The van der Waals surface area contributed by atoms with Crippen molar-refractivity contribution in [2.75, 3.05) is 26.2 Å². The third-order valence-electron chi connectivity index (χ3n) is 17.4. The van der Waals surface area contributed by atoms with E-state index in [4.69, 9.17) is 15.2 Å². The van der Waals surface area contributed by atoms with Crippen molar-refractivity contribution in [2.24, 2.45) is 52.1 Å². The van der Waals surface area contributed by atoms with Gasteiger partial charge in [0.05, 0.1) is 11.0 Å². The molecule has 1 unspecified atom stereocenters. The van der Waals surface area contributed by atoms with E-state index in [-0.39, 0.29) is 17.9 Å². The first kappa shape index (κ1) is 35.3. The number of rotatable bonds is 6. The topological polar surface area (TPSA) is 85.1 Å². The Morgan fingerprint density at radius 2 is 1.85 bits per heavy atom. The van der Waals surface area contributed by atoms with Gasteiger partial charge in [0.2, 0.25) is 0 Å². The first-order chi connectivity index (χ1) is 26.8. The summed E-state index contributed by atoms with van der Waals surface area (Å²) in [6.07, 6.45) is 23.6. The second-order valence-corrected chi connectivity index (χ2v) is 20.0. The number of ether oxygens (including phenoxy) is 2. The zero-order valence-electron chi connectivity index (χ0n) is 33.5. The fourth-order valence-electron chi connectivity index (χ4n) is 15.6. The number of piperidine rings is 2. The van der Waals surface area contributed by atoms with Gasteiger partial charge in [-0.15, -0.1) is 0 Å². The molecule has 7 heteroatoms. The van der Waals surface area contributed by atoms with E-state index < -0.39 is 16.4 Å². The molecule has 9 aliphatic heterocycles. The van der Waals surface area contributed by atoms with Gasteiger partial charge in [0.25, 0.3) is 0 Å². The number of nitrogens with zero attached hydrogens (tertiary/aromatic N) is 2. The highest BCUT2D eigenvalue weighted by atomic mass is 16.6. The number of hydrogen-bond donors (Lipinski definition) is 1. The number of fused-ring (bicyclic) bond motifs is 2.